The fourth-order valence-corrected chi connectivity index (χ4v) is 2.19. The molecule has 1 amide bonds. The molecule has 0 bridgehead atoms. The van der Waals surface area contributed by atoms with Crippen molar-refractivity contribution in [2.24, 2.45) is 5.73 Å². The first-order valence-electron chi connectivity index (χ1n) is 6.46. The molecular formula is C15H17ClN2O3. The van der Waals surface area contributed by atoms with E-state index in [1.165, 1.54) is 0 Å². The summed E-state index contributed by atoms with van der Waals surface area (Å²) in [6.45, 7) is 2.45. The highest BCUT2D eigenvalue weighted by Gasteiger charge is 2.13. The molecule has 5 nitrogen and oxygen atoms in total. The number of hydrogen-bond donors (Lipinski definition) is 2. The smallest absolute Gasteiger partial charge is 0.284 e. The molecule has 0 saturated carbocycles. The van der Waals surface area contributed by atoms with Crippen LogP contribution in [0.25, 0.3) is 0 Å². The number of halogens is 1. The average molecular weight is 309 g/mol. The van der Waals surface area contributed by atoms with Gasteiger partial charge in [-0.1, -0.05) is 11.6 Å². The normalized spacial score (nSPS) is 12.1. The molecule has 21 heavy (non-hydrogen) atoms. The molecule has 0 radical (unpaired) electrons. The third-order valence-corrected chi connectivity index (χ3v) is 3.38. The van der Waals surface area contributed by atoms with E-state index in [0.717, 1.165) is 11.3 Å². The number of benzene rings is 1. The molecule has 0 aliphatic heterocycles. The Hall–Kier alpha value is -1.98. The number of nitrogens with one attached hydrogen (secondary N) is 1. The number of amides is 1. The van der Waals surface area contributed by atoms with Crippen molar-refractivity contribution >= 4 is 17.5 Å². The average Bonchev–Trinajstić information content (AvgIpc) is 2.94. The van der Waals surface area contributed by atoms with Gasteiger partial charge in [-0.15, -0.1) is 0 Å². The summed E-state index contributed by atoms with van der Waals surface area (Å²) in [6.07, 6.45) is 0. The van der Waals surface area contributed by atoms with E-state index in [1.807, 2.05) is 19.1 Å². The van der Waals surface area contributed by atoms with Gasteiger partial charge < -0.3 is 20.2 Å². The Morgan fingerprint density at radius 1 is 1.43 bits per heavy atom. The molecule has 0 fully saturated rings. The third-order valence-electron chi connectivity index (χ3n) is 3.15. The maximum Gasteiger partial charge on any atom is 0.284 e. The minimum absolute atomic E-state index is 0.000720. The highest BCUT2D eigenvalue weighted by atomic mass is 35.5. The maximum absolute atomic E-state index is 11.0. The molecule has 0 aliphatic carbocycles. The van der Waals surface area contributed by atoms with Gasteiger partial charge in [0.15, 0.2) is 5.76 Å². The zero-order chi connectivity index (χ0) is 15.4. The summed E-state index contributed by atoms with van der Waals surface area (Å²) in [4.78, 5) is 11.0. The highest BCUT2D eigenvalue weighted by molar-refractivity contribution is 6.30. The van der Waals surface area contributed by atoms with Gasteiger partial charge in [0.1, 0.15) is 11.5 Å². The molecule has 112 valence electrons. The Balaban J connectivity index is 2.05. The quantitative estimate of drug-likeness (QED) is 0.860. The van der Waals surface area contributed by atoms with E-state index in [1.54, 1.807) is 25.3 Å². The Bertz CT molecular complexity index is 640. The van der Waals surface area contributed by atoms with E-state index in [9.17, 15) is 4.79 Å². The molecule has 2 rings (SSSR count). The van der Waals surface area contributed by atoms with E-state index in [2.05, 4.69) is 5.32 Å². The van der Waals surface area contributed by atoms with Gasteiger partial charge in [-0.2, -0.15) is 0 Å². The van der Waals surface area contributed by atoms with Gasteiger partial charge >= 0.3 is 0 Å². The summed E-state index contributed by atoms with van der Waals surface area (Å²) in [5, 5.41) is 3.93. The summed E-state index contributed by atoms with van der Waals surface area (Å²) < 4.78 is 10.6. The number of ether oxygens (including phenoxy) is 1. The number of methoxy groups -OCH3 is 1. The second-order valence-corrected chi connectivity index (χ2v) is 5.06. The van der Waals surface area contributed by atoms with Gasteiger partial charge in [-0.3, -0.25) is 4.79 Å². The van der Waals surface area contributed by atoms with Crippen LogP contribution in [0.15, 0.2) is 34.7 Å². The lowest BCUT2D eigenvalue weighted by Crippen LogP contribution is -2.18. The second kappa shape index (κ2) is 6.65. The van der Waals surface area contributed by atoms with E-state index in [0.29, 0.717) is 17.3 Å². The monoisotopic (exact) mass is 308 g/mol. The van der Waals surface area contributed by atoms with Gasteiger partial charge in [0.25, 0.3) is 5.91 Å². The number of carbonyl (C=O) groups excluding carboxylic acids is 1. The van der Waals surface area contributed by atoms with Gasteiger partial charge in [-0.05, 0) is 37.3 Å². The van der Waals surface area contributed by atoms with Gasteiger partial charge in [-0.25, -0.2) is 0 Å². The van der Waals surface area contributed by atoms with Crippen molar-refractivity contribution in [2.45, 2.75) is 19.5 Å². The van der Waals surface area contributed by atoms with Crippen LogP contribution in [0.2, 0.25) is 5.02 Å². The van der Waals surface area contributed by atoms with E-state index in [4.69, 9.17) is 26.5 Å². The van der Waals surface area contributed by atoms with Crippen LogP contribution in [0.5, 0.6) is 5.75 Å². The maximum atomic E-state index is 11.0. The molecule has 6 heteroatoms. The Morgan fingerprint density at radius 3 is 2.81 bits per heavy atom. The van der Waals surface area contributed by atoms with Crippen LogP contribution in [0.1, 0.15) is 34.8 Å². The zero-order valence-electron chi connectivity index (χ0n) is 11.9. The lowest BCUT2D eigenvalue weighted by atomic mass is 10.1. The second-order valence-electron chi connectivity index (χ2n) is 4.62. The van der Waals surface area contributed by atoms with Crippen molar-refractivity contribution in [1.82, 2.24) is 5.32 Å². The fourth-order valence-electron chi connectivity index (χ4n) is 2.01. The fraction of sp³-hybridized carbons (Fsp3) is 0.267. The van der Waals surface area contributed by atoms with Crippen LogP contribution in [0.3, 0.4) is 0 Å². The molecule has 3 N–H and O–H groups in total. The summed E-state index contributed by atoms with van der Waals surface area (Å²) in [6, 6.07) is 8.74. The van der Waals surface area contributed by atoms with Crippen molar-refractivity contribution < 1.29 is 13.9 Å². The first-order chi connectivity index (χ1) is 10.0. The van der Waals surface area contributed by atoms with Crippen molar-refractivity contribution in [1.29, 1.82) is 0 Å². The molecule has 0 unspecified atom stereocenters. The molecule has 2 aromatic rings. The van der Waals surface area contributed by atoms with E-state index < -0.39 is 5.91 Å². The summed E-state index contributed by atoms with van der Waals surface area (Å²) in [5.41, 5.74) is 6.09. The summed E-state index contributed by atoms with van der Waals surface area (Å²) in [7, 11) is 1.62. The molecule has 1 heterocycles. The van der Waals surface area contributed by atoms with Gasteiger partial charge in [0.2, 0.25) is 0 Å². The zero-order valence-corrected chi connectivity index (χ0v) is 12.6. The number of nitrogens with two attached hydrogens (primary N) is 1. The molecule has 0 spiro atoms. The largest absolute Gasteiger partial charge is 0.496 e. The van der Waals surface area contributed by atoms with Crippen LogP contribution >= 0.6 is 11.6 Å². The number of hydrogen-bond acceptors (Lipinski definition) is 4. The molecule has 1 aromatic heterocycles. The van der Waals surface area contributed by atoms with Crippen LogP contribution in [0.4, 0.5) is 0 Å². The number of carbonyl (C=O) groups is 1. The number of rotatable bonds is 6. The van der Waals surface area contributed by atoms with Crippen molar-refractivity contribution in [2.75, 3.05) is 7.11 Å². The lowest BCUT2D eigenvalue weighted by molar-refractivity contribution is 0.0972. The predicted octanol–water partition coefficient (Wildman–Crippen LogP) is 2.89. The topological polar surface area (TPSA) is 77.5 Å². The molecule has 1 atom stereocenters. The Morgan fingerprint density at radius 2 is 2.19 bits per heavy atom. The van der Waals surface area contributed by atoms with Gasteiger partial charge in [0, 0.05) is 16.6 Å². The van der Waals surface area contributed by atoms with Crippen molar-refractivity contribution in [3.8, 4) is 5.75 Å². The molecule has 0 saturated heterocycles. The summed E-state index contributed by atoms with van der Waals surface area (Å²) in [5.74, 6) is 0.971. The highest BCUT2D eigenvalue weighted by Crippen LogP contribution is 2.28. The van der Waals surface area contributed by atoms with Gasteiger partial charge in [0.05, 0.1) is 13.7 Å². The van der Waals surface area contributed by atoms with Crippen LogP contribution in [-0.2, 0) is 6.54 Å². The number of primary amides is 1. The van der Waals surface area contributed by atoms with E-state index in [-0.39, 0.29) is 11.8 Å². The van der Waals surface area contributed by atoms with E-state index >= 15 is 0 Å². The molecule has 1 aromatic carbocycles. The first-order valence-corrected chi connectivity index (χ1v) is 6.84. The Kier molecular flexibility index (Phi) is 4.88. The van der Waals surface area contributed by atoms with Crippen molar-refractivity contribution in [3.63, 3.8) is 0 Å². The molecular weight excluding hydrogens is 292 g/mol. The minimum Gasteiger partial charge on any atom is -0.496 e. The Labute approximate surface area is 128 Å². The third kappa shape index (κ3) is 3.77. The summed E-state index contributed by atoms with van der Waals surface area (Å²) >= 11 is 6.02. The van der Waals surface area contributed by atoms with Crippen LogP contribution < -0.4 is 15.8 Å². The van der Waals surface area contributed by atoms with Crippen LogP contribution in [0, 0.1) is 0 Å². The van der Waals surface area contributed by atoms with Crippen LogP contribution in [-0.4, -0.2) is 13.0 Å². The molecule has 0 aliphatic rings. The standard InChI is InChI=1S/C15H17ClN2O3/c1-9(12-7-10(16)3-5-13(12)20-2)18-8-11-4-6-14(21-11)15(17)19/h3-7,9,18H,8H2,1-2H3,(H2,17,19)/t9-/m0/s1. The minimum atomic E-state index is -0.578. The predicted molar refractivity (Wildman–Crippen MR) is 80.5 cm³/mol. The van der Waals surface area contributed by atoms with Crippen molar-refractivity contribution in [3.05, 3.63) is 52.4 Å². The lowest BCUT2D eigenvalue weighted by Gasteiger charge is -2.17. The number of furan rings is 1. The SMILES string of the molecule is COc1ccc(Cl)cc1[C@H](C)NCc1ccc(C(N)=O)o1. The first kappa shape index (κ1) is 15.4.